The first kappa shape index (κ1) is 18.1. The summed E-state index contributed by atoms with van der Waals surface area (Å²) in [6.45, 7) is 0. The van der Waals surface area contributed by atoms with E-state index in [4.69, 9.17) is 4.42 Å². The van der Waals surface area contributed by atoms with Crippen LogP contribution in [0.3, 0.4) is 0 Å². The van der Waals surface area contributed by atoms with Gasteiger partial charge in [0.15, 0.2) is 16.5 Å². The van der Waals surface area contributed by atoms with Gasteiger partial charge in [0.05, 0.1) is 21.5 Å². The van der Waals surface area contributed by atoms with E-state index in [0.717, 1.165) is 22.3 Å². The first-order valence-corrected chi connectivity index (χ1v) is 8.91. The first-order valence-electron chi connectivity index (χ1n) is 8.09. The van der Waals surface area contributed by atoms with E-state index in [-0.39, 0.29) is 11.4 Å². The third-order valence-electron chi connectivity index (χ3n) is 3.84. The number of benzene rings is 2. The largest absolute Gasteiger partial charge is 0.448 e. The molecule has 0 aliphatic rings. The molecule has 1 amide bonds. The second kappa shape index (κ2) is 7.01. The van der Waals surface area contributed by atoms with Gasteiger partial charge in [0, 0.05) is 0 Å². The van der Waals surface area contributed by atoms with E-state index < -0.39 is 17.6 Å². The zero-order valence-electron chi connectivity index (χ0n) is 14.1. The number of halogens is 3. The second-order valence-electron chi connectivity index (χ2n) is 5.81. The maximum atomic E-state index is 12.7. The molecule has 2 aromatic heterocycles. The van der Waals surface area contributed by atoms with Crippen LogP contribution in [0, 0.1) is 0 Å². The fourth-order valence-electron chi connectivity index (χ4n) is 2.52. The number of carbonyl (C=O) groups is 1. The lowest BCUT2D eigenvalue weighted by Gasteiger charge is -2.10. The fraction of sp³-hybridized carbons (Fsp3) is 0.0526. The van der Waals surface area contributed by atoms with Gasteiger partial charge in [-0.25, -0.2) is 4.98 Å². The van der Waals surface area contributed by atoms with Gasteiger partial charge < -0.3 is 4.42 Å². The van der Waals surface area contributed by atoms with Crippen LogP contribution in [-0.4, -0.2) is 10.9 Å². The van der Waals surface area contributed by atoms with Gasteiger partial charge in [0.2, 0.25) is 0 Å². The molecular weight excluding hydrogens is 391 g/mol. The molecule has 2 heterocycles. The summed E-state index contributed by atoms with van der Waals surface area (Å²) in [4.78, 5) is 16.7. The number of alkyl halides is 3. The molecule has 2 N–H and O–H groups in total. The SMILES string of the molecule is O=C(NNc1cccc(C(F)(F)F)c1)c1ccc(-c2nc3ccccc3s2)o1. The predicted molar refractivity (Wildman–Crippen MR) is 99.9 cm³/mol. The van der Waals surface area contributed by atoms with Crippen LogP contribution in [0.15, 0.2) is 65.1 Å². The maximum Gasteiger partial charge on any atom is 0.416 e. The van der Waals surface area contributed by atoms with Crippen LogP contribution in [0.2, 0.25) is 0 Å². The third-order valence-corrected chi connectivity index (χ3v) is 4.90. The zero-order valence-corrected chi connectivity index (χ0v) is 14.9. The van der Waals surface area contributed by atoms with Crippen molar-refractivity contribution >= 4 is 33.1 Å². The van der Waals surface area contributed by atoms with Crippen LogP contribution in [0.4, 0.5) is 18.9 Å². The summed E-state index contributed by atoms with van der Waals surface area (Å²) in [6, 6.07) is 15.2. The van der Waals surface area contributed by atoms with Gasteiger partial charge >= 0.3 is 12.1 Å². The summed E-state index contributed by atoms with van der Waals surface area (Å²) in [7, 11) is 0. The molecule has 28 heavy (non-hydrogen) atoms. The van der Waals surface area contributed by atoms with Gasteiger partial charge in [0.25, 0.3) is 0 Å². The van der Waals surface area contributed by atoms with Gasteiger partial charge in [-0.15, -0.1) is 11.3 Å². The highest BCUT2D eigenvalue weighted by atomic mass is 32.1. The Morgan fingerprint density at radius 3 is 2.64 bits per heavy atom. The standard InChI is InChI=1S/C19H12F3N3O2S/c20-19(21,22)11-4-3-5-12(10-11)24-25-17(26)14-8-9-15(27-14)18-23-13-6-1-2-7-16(13)28-18/h1-10,24H,(H,25,26). The number of anilines is 1. The molecule has 2 aromatic carbocycles. The molecule has 0 atom stereocenters. The van der Waals surface area contributed by atoms with Crippen LogP contribution in [0.1, 0.15) is 16.1 Å². The van der Waals surface area contributed by atoms with E-state index in [1.807, 2.05) is 24.3 Å². The van der Waals surface area contributed by atoms with E-state index in [9.17, 15) is 18.0 Å². The molecule has 4 aromatic rings. The lowest BCUT2D eigenvalue weighted by atomic mass is 10.2. The number of thiazole rings is 1. The topological polar surface area (TPSA) is 67.2 Å². The number of aromatic nitrogens is 1. The van der Waals surface area contributed by atoms with Crippen molar-refractivity contribution in [1.29, 1.82) is 0 Å². The molecule has 5 nitrogen and oxygen atoms in total. The number of rotatable bonds is 4. The van der Waals surface area contributed by atoms with E-state index >= 15 is 0 Å². The number of fused-ring (bicyclic) bond motifs is 1. The van der Waals surface area contributed by atoms with E-state index in [1.165, 1.54) is 29.5 Å². The first-order chi connectivity index (χ1) is 13.4. The number of amides is 1. The molecule has 0 bridgehead atoms. The van der Waals surface area contributed by atoms with Crippen molar-refractivity contribution in [2.45, 2.75) is 6.18 Å². The van der Waals surface area contributed by atoms with Crippen molar-refractivity contribution in [2.24, 2.45) is 0 Å². The quantitative estimate of drug-likeness (QED) is 0.452. The molecule has 0 saturated heterocycles. The fourth-order valence-corrected chi connectivity index (χ4v) is 3.44. The van der Waals surface area contributed by atoms with Crippen molar-refractivity contribution in [2.75, 3.05) is 5.43 Å². The predicted octanol–water partition coefficient (Wildman–Crippen LogP) is 5.33. The third kappa shape index (κ3) is 3.70. The van der Waals surface area contributed by atoms with E-state index in [1.54, 1.807) is 6.07 Å². The van der Waals surface area contributed by atoms with Gasteiger partial charge in [-0.1, -0.05) is 18.2 Å². The normalized spacial score (nSPS) is 11.5. The zero-order chi connectivity index (χ0) is 19.7. The molecule has 0 radical (unpaired) electrons. The number of hydrogen-bond donors (Lipinski definition) is 2. The summed E-state index contributed by atoms with van der Waals surface area (Å²) in [6.07, 6.45) is -4.46. The van der Waals surface area contributed by atoms with Crippen molar-refractivity contribution in [3.8, 4) is 10.8 Å². The summed E-state index contributed by atoms with van der Waals surface area (Å²) in [5.41, 5.74) is 4.88. The monoisotopic (exact) mass is 403 g/mol. The number of nitrogens with one attached hydrogen (secondary N) is 2. The number of carbonyl (C=O) groups excluding carboxylic acids is 1. The highest BCUT2D eigenvalue weighted by Gasteiger charge is 2.30. The molecule has 142 valence electrons. The average Bonchev–Trinajstić information content (AvgIpc) is 3.32. The molecule has 0 fully saturated rings. The number of nitrogens with zero attached hydrogens (tertiary/aromatic N) is 1. The Kier molecular flexibility index (Phi) is 4.52. The number of para-hydroxylation sites is 1. The van der Waals surface area contributed by atoms with Crippen LogP contribution >= 0.6 is 11.3 Å². The summed E-state index contributed by atoms with van der Waals surface area (Å²) in [5.74, 6) is -0.177. The minimum absolute atomic E-state index is 0.00809. The van der Waals surface area contributed by atoms with Crippen molar-refractivity contribution in [3.05, 3.63) is 72.0 Å². The van der Waals surface area contributed by atoms with Crippen molar-refractivity contribution in [1.82, 2.24) is 10.4 Å². The van der Waals surface area contributed by atoms with Gasteiger partial charge in [-0.05, 0) is 42.5 Å². The molecule has 0 unspecified atom stereocenters. The number of hydrogen-bond acceptors (Lipinski definition) is 5. The van der Waals surface area contributed by atoms with Crippen molar-refractivity contribution < 1.29 is 22.4 Å². The Bertz CT molecular complexity index is 1120. The Balaban J connectivity index is 1.46. The number of furan rings is 1. The summed E-state index contributed by atoms with van der Waals surface area (Å²) >= 11 is 1.43. The van der Waals surface area contributed by atoms with Crippen LogP contribution in [0.25, 0.3) is 21.0 Å². The minimum atomic E-state index is -4.46. The van der Waals surface area contributed by atoms with E-state index in [0.29, 0.717) is 10.8 Å². The smallest absolute Gasteiger partial charge is 0.416 e. The Morgan fingerprint density at radius 1 is 1.04 bits per heavy atom. The lowest BCUT2D eigenvalue weighted by Crippen LogP contribution is -2.29. The average molecular weight is 403 g/mol. The molecule has 0 saturated carbocycles. The Morgan fingerprint density at radius 2 is 1.86 bits per heavy atom. The lowest BCUT2D eigenvalue weighted by molar-refractivity contribution is -0.137. The minimum Gasteiger partial charge on any atom is -0.448 e. The Labute approximate surface area is 160 Å². The molecular formula is C19H12F3N3O2S. The van der Waals surface area contributed by atoms with E-state index in [2.05, 4.69) is 15.8 Å². The molecule has 0 aliphatic carbocycles. The highest BCUT2D eigenvalue weighted by molar-refractivity contribution is 7.21. The van der Waals surface area contributed by atoms with Crippen molar-refractivity contribution in [3.63, 3.8) is 0 Å². The van der Waals surface area contributed by atoms with Gasteiger partial charge in [-0.2, -0.15) is 13.2 Å². The summed E-state index contributed by atoms with van der Waals surface area (Å²) < 4.78 is 44.7. The van der Waals surface area contributed by atoms with Gasteiger partial charge in [-0.3, -0.25) is 15.6 Å². The molecule has 0 spiro atoms. The molecule has 0 aliphatic heterocycles. The van der Waals surface area contributed by atoms with Crippen LogP contribution < -0.4 is 10.9 Å². The second-order valence-corrected chi connectivity index (χ2v) is 6.84. The highest BCUT2D eigenvalue weighted by Crippen LogP contribution is 2.32. The Hall–Kier alpha value is -3.33. The molecule has 9 heteroatoms. The van der Waals surface area contributed by atoms with Gasteiger partial charge in [0.1, 0.15) is 0 Å². The summed E-state index contributed by atoms with van der Waals surface area (Å²) in [5, 5.41) is 0.631. The van der Waals surface area contributed by atoms with Crippen LogP contribution in [-0.2, 0) is 6.18 Å². The maximum absolute atomic E-state index is 12.7. The number of hydrazine groups is 1. The van der Waals surface area contributed by atoms with Crippen LogP contribution in [0.5, 0.6) is 0 Å². The molecule has 4 rings (SSSR count).